The van der Waals surface area contributed by atoms with Gasteiger partial charge in [0.15, 0.2) is 0 Å². The van der Waals surface area contributed by atoms with Crippen molar-refractivity contribution >= 4 is 5.69 Å². The van der Waals surface area contributed by atoms with Crippen LogP contribution in [0.2, 0.25) is 0 Å². The van der Waals surface area contributed by atoms with E-state index >= 15 is 0 Å². The lowest BCUT2D eigenvalue weighted by molar-refractivity contribution is 0.647. The molecule has 0 saturated heterocycles. The van der Waals surface area contributed by atoms with E-state index in [1.54, 1.807) is 0 Å². The van der Waals surface area contributed by atoms with E-state index in [2.05, 4.69) is 55.4 Å². The summed E-state index contributed by atoms with van der Waals surface area (Å²) in [6.07, 6.45) is 2.35. The third kappa shape index (κ3) is 5.22. The summed E-state index contributed by atoms with van der Waals surface area (Å²) >= 11 is 0. The van der Waals surface area contributed by atoms with Gasteiger partial charge in [0.1, 0.15) is 0 Å². The Bertz CT molecular complexity index is 303. The first-order chi connectivity index (χ1) is 8.13. The highest BCUT2D eigenvalue weighted by Crippen LogP contribution is 2.16. The minimum Gasteiger partial charge on any atom is -0.375 e. The number of nitrogens with one attached hydrogen (secondary N) is 1. The van der Waals surface area contributed by atoms with Crippen LogP contribution in [-0.2, 0) is 6.42 Å². The molecule has 0 saturated carbocycles. The summed E-state index contributed by atoms with van der Waals surface area (Å²) in [6.45, 7) is 6.70. The predicted octanol–water partition coefficient (Wildman–Crippen LogP) is 2.93. The third-order valence-electron chi connectivity index (χ3n) is 2.94. The highest BCUT2D eigenvalue weighted by atomic mass is 15.1. The van der Waals surface area contributed by atoms with Crippen molar-refractivity contribution in [1.29, 1.82) is 0 Å². The van der Waals surface area contributed by atoms with E-state index < -0.39 is 0 Å². The van der Waals surface area contributed by atoms with Crippen molar-refractivity contribution < 1.29 is 0 Å². The second kappa shape index (κ2) is 7.33. The van der Waals surface area contributed by atoms with Gasteiger partial charge in [-0.1, -0.05) is 26.0 Å². The topological polar surface area (TPSA) is 15.3 Å². The van der Waals surface area contributed by atoms with Gasteiger partial charge in [-0.2, -0.15) is 0 Å². The van der Waals surface area contributed by atoms with Gasteiger partial charge in [0, 0.05) is 19.3 Å². The van der Waals surface area contributed by atoms with Gasteiger partial charge in [0.05, 0.1) is 0 Å². The molecule has 0 unspecified atom stereocenters. The maximum Gasteiger partial charge on any atom is 0.0363 e. The van der Waals surface area contributed by atoms with Crippen LogP contribution in [0.3, 0.4) is 0 Å². The molecule has 1 rings (SSSR count). The number of hydrogen-bond donors (Lipinski definition) is 1. The van der Waals surface area contributed by atoms with E-state index in [9.17, 15) is 0 Å². The Morgan fingerprint density at radius 2 is 1.82 bits per heavy atom. The van der Waals surface area contributed by atoms with E-state index in [0.29, 0.717) is 0 Å². The van der Waals surface area contributed by atoms with Crippen molar-refractivity contribution in [2.75, 3.05) is 32.1 Å². The zero-order valence-corrected chi connectivity index (χ0v) is 11.7. The summed E-state index contributed by atoms with van der Waals surface area (Å²) in [7, 11) is 4.16. The second-order valence-corrected chi connectivity index (χ2v) is 5.14. The maximum absolute atomic E-state index is 3.18. The van der Waals surface area contributed by atoms with Crippen LogP contribution in [-0.4, -0.2) is 27.2 Å². The summed E-state index contributed by atoms with van der Waals surface area (Å²) < 4.78 is 0. The van der Waals surface area contributed by atoms with E-state index in [0.717, 1.165) is 19.0 Å². The molecule has 2 nitrogen and oxygen atoms in total. The van der Waals surface area contributed by atoms with Crippen molar-refractivity contribution in [1.82, 2.24) is 5.32 Å². The molecule has 0 aliphatic carbocycles. The Morgan fingerprint density at radius 1 is 1.18 bits per heavy atom. The van der Waals surface area contributed by atoms with Crippen LogP contribution in [0.4, 0.5) is 5.69 Å². The van der Waals surface area contributed by atoms with Crippen LogP contribution in [0.15, 0.2) is 24.3 Å². The van der Waals surface area contributed by atoms with Gasteiger partial charge >= 0.3 is 0 Å². The molecule has 17 heavy (non-hydrogen) atoms. The van der Waals surface area contributed by atoms with E-state index in [-0.39, 0.29) is 0 Å². The van der Waals surface area contributed by atoms with Gasteiger partial charge in [-0.3, -0.25) is 0 Å². The Hall–Kier alpha value is -1.02. The number of benzene rings is 1. The van der Waals surface area contributed by atoms with Crippen molar-refractivity contribution in [2.24, 2.45) is 5.92 Å². The SMILES string of the molecule is CNCCCN(C)c1ccc(CC(C)C)cc1. The normalized spacial score (nSPS) is 10.9. The van der Waals surface area contributed by atoms with Gasteiger partial charge < -0.3 is 10.2 Å². The quantitative estimate of drug-likeness (QED) is 0.730. The molecule has 0 aromatic heterocycles. The molecule has 96 valence electrons. The minimum absolute atomic E-state index is 0.731. The summed E-state index contributed by atoms with van der Waals surface area (Å²) in [6, 6.07) is 8.97. The molecule has 0 fully saturated rings. The van der Waals surface area contributed by atoms with Gasteiger partial charge in [-0.05, 0) is 50.0 Å². The van der Waals surface area contributed by atoms with Gasteiger partial charge in [0.2, 0.25) is 0 Å². The highest BCUT2D eigenvalue weighted by Gasteiger charge is 2.01. The van der Waals surface area contributed by atoms with E-state index in [1.807, 2.05) is 7.05 Å². The average molecular weight is 234 g/mol. The monoisotopic (exact) mass is 234 g/mol. The van der Waals surface area contributed by atoms with Crippen LogP contribution in [0, 0.1) is 5.92 Å². The van der Waals surface area contributed by atoms with Crippen LogP contribution >= 0.6 is 0 Å². The third-order valence-corrected chi connectivity index (χ3v) is 2.94. The highest BCUT2D eigenvalue weighted by molar-refractivity contribution is 5.46. The van der Waals surface area contributed by atoms with Gasteiger partial charge in [-0.15, -0.1) is 0 Å². The fraction of sp³-hybridized carbons (Fsp3) is 0.600. The smallest absolute Gasteiger partial charge is 0.0363 e. The van der Waals surface area contributed by atoms with E-state index in [4.69, 9.17) is 0 Å². The number of hydrogen-bond acceptors (Lipinski definition) is 2. The Kier molecular flexibility index (Phi) is 6.06. The summed E-state index contributed by atoms with van der Waals surface area (Å²) in [4.78, 5) is 2.32. The first-order valence-electron chi connectivity index (χ1n) is 6.58. The molecule has 1 aromatic rings. The van der Waals surface area contributed by atoms with Gasteiger partial charge in [-0.25, -0.2) is 0 Å². The van der Waals surface area contributed by atoms with Crippen LogP contribution in [0.5, 0.6) is 0 Å². The van der Waals surface area contributed by atoms with Crippen molar-refractivity contribution in [3.8, 4) is 0 Å². The Morgan fingerprint density at radius 3 is 2.35 bits per heavy atom. The lowest BCUT2D eigenvalue weighted by atomic mass is 10.0. The summed E-state index contributed by atoms with van der Waals surface area (Å²) in [5, 5.41) is 3.18. The zero-order valence-electron chi connectivity index (χ0n) is 11.7. The molecule has 1 N–H and O–H groups in total. The molecule has 0 spiro atoms. The average Bonchev–Trinajstić information content (AvgIpc) is 2.29. The minimum atomic E-state index is 0.731. The first kappa shape index (κ1) is 14.0. The fourth-order valence-electron chi connectivity index (χ4n) is 1.98. The molecule has 0 aliphatic rings. The second-order valence-electron chi connectivity index (χ2n) is 5.14. The number of rotatable bonds is 7. The molecule has 0 atom stereocenters. The largest absolute Gasteiger partial charge is 0.375 e. The lowest BCUT2D eigenvalue weighted by Gasteiger charge is -2.19. The molecular weight excluding hydrogens is 208 g/mol. The molecule has 0 amide bonds. The summed E-state index contributed by atoms with van der Waals surface area (Å²) in [5.41, 5.74) is 2.75. The molecule has 0 radical (unpaired) electrons. The van der Waals surface area contributed by atoms with Crippen molar-refractivity contribution in [3.05, 3.63) is 29.8 Å². The zero-order chi connectivity index (χ0) is 12.7. The van der Waals surface area contributed by atoms with E-state index in [1.165, 1.54) is 24.1 Å². The molecule has 0 heterocycles. The fourth-order valence-corrected chi connectivity index (χ4v) is 1.98. The number of anilines is 1. The molecule has 0 aliphatic heterocycles. The molecular formula is C15H26N2. The first-order valence-corrected chi connectivity index (χ1v) is 6.58. The molecule has 0 bridgehead atoms. The number of nitrogens with zero attached hydrogens (tertiary/aromatic N) is 1. The molecule has 2 heteroatoms. The standard InChI is InChI=1S/C15H26N2/c1-13(2)12-14-6-8-15(9-7-14)17(4)11-5-10-16-3/h6-9,13,16H,5,10-12H2,1-4H3. The van der Waals surface area contributed by atoms with Crippen LogP contribution in [0.25, 0.3) is 0 Å². The lowest BCUT2D eigenvalue weighted by Crippen LogP contribution is -2.22. The maximum atomic E-state index is 3.18. The Labute approximate surface area is 106 Å². The van der Waals surface area contributed by atoms with Crippen LogP contribution in [0.1, 0.15) is 25.8 Å². The van der Waals surface area contributed by atoms with Gasteiger partial charge in [0.25, 0.3) is 0 Å². The van der Waals surface area contributed by atoms with Crippen molar-refractivity contribution in [2.45, 2.75) is 26.7 Å². The van der Waals surface area contributed by atoms with Crippen molar-refractivity contribution in [3.63, 3.8) is 0 Å². The predicted molar refractivity (Wildman–Crippen MR) is 76.8 cm³/mol. The molecule has 1 aromatic carbocycles. The summed E-state index contributed by atoms with van der Waals surface area (Å²) in [5.74, 6) is 0.731. The van der Waals surface area contributed by atoms with Crippen LogP contribution < -0.4 is 10.2 Å². The Balaban J connectivity index is 2.48.